The van der Waals surface area contributed by atoms with Crippen molar-refractivity contribution in [2.45, 2.75) is 126 Å². The van der Waals surface area contributed by atoms with Gasteiger partial charge in [0.15, 0.2) is 18.2 Å². The third-order valence-corrected chi connectivity index (χ3v) is 14.6. The number of carbonyl (C=O) groups is 4. The number of ether oxygens (including phenoxy) is 5. The van der Waals surface area contributed by atoms with Crippen LogP contribution in [0.15, 0.2) is 71.8 Å². The molecule has 2 saturated heterocycles. The van der Waals surface area contributed by atoms with Crippen molar-refractivity contribution in [1.29, 1.82) is 0 Å². The van der Waals surface area contributed by atoms with Crippen molar-refractivity contribution >= 4 is 23.6 Å². The van der Waals surface area contributed by atoms with E-state index in [0.29, 0.717) is 5.56 Å². The van der Waals surface area contributed by atoms with Crippen LogP contribution in [-0.2, 0) is 38.1 Å². The van der Waals surface area contributed by atoms with Crippen LogP contribution in [0.25, 0.3) is 0 Å². The molecule has 0 radical (unpaired) electrons. The van der Waals surface area contributed by atoms with Crippen molar-refractivity contribution in [3.05, 3.63) is 82.9 Å². The number of carbonyl (C=O) groups excluding carboxylic acids is 4. The van der Waals surface area contributed by atoms with Gasteiger partial charge >= 0.3 is 11.9 Å². The molecule has 18 nitrogen and oxygen atoms in total. The van der Waals surface area contributed by atoms with Crippen LogP contribution in [0.1, 0.15) is 69.4 Å². The smallest absolute Gasteiger partial charge is 0.338 e. The van der Waals surface area contributed by atoms with Gasteiger partial charge in [-0.05, 0) is 48.6 Å². The lowest BCUT2D eigenvalue weighted by Gasteiger charge is -2.67. The molecule has 7 rings (SSSR count). The van der Waals surface area contributed by atoms with Gasteiger partial charge in [-0.25, -0.2) is 9.59 Å². The molecule has 16 atom stereocenters. The maximum absolute atomic E-state index is 15.1. The van der Waals surface area contributed by atoms with E-state index in [1.54, 1.807) is 81.4 Å². The lowest BCUT2D eigenvalue weighted by atomic mass is 9.42. The predicted octanol–water partition coefficient (Wildman–Crippen LogP) is -0.628. The second kappa shape index (κ2) is 17.3. The van der Waals surface area contributed by atoms with Crippen LogP contribution in [-0.4, -0.2) is 157 Å². The Hall–Kier alpha value is -4.18. The molecule has 2 saturated carbocycles. The minimum Gasteiger partial charge on any atom is -0.459 e. The van der Waals surface area contributed by atoms with E-state index in [0.717, 1.165) is 0 Å². The lowest BCUT2D eigenvalue weighted by Crippen LogP contribution is -2.79. The summed E-state index contributed by atoms with van der Waals surface area (Å²) in [6, 6.07) is 15.2. The van der Waals surface area contributed by atoms with Gasteiger partial charge in [-0.1, -0.05) is 69.3 Å². The Morgan fingerprint density at radius 2 is 1.56 bits per heavy atom. The highest BCUT2D eigenvalue weighted by molar-refractivity contribution is 5.95. The second-order valence-corrected chi connectivity index (χ2v) is 18.3. The summed E-state index contributed by atoms with van der Waals surface area (Å²) in [6.45, 7) is 5.96. The van der Waals surface area contributed by atoms with E-state index in [9.17, 15) is 55.2 Å². The Morgan fingerprint density at radius 3 is 2.16 bits per heavy atom. The second-order valence-electron chi connectivity index (χ2n) is 18.3. The number of Topliss-reactive ketones (excluding diaryl/α,β-unsaturated/α-hetero) is 1. The molecule has 1 amide bonds. The maximum Gasteiger partial charge on any atom is 0.338 e. The van der Waals surface area contributed by atoms with Crippen LogP contribution in [0.5, 0.6) is 0 Å². The van der Waals surface area contributed by atoms with Gasteiger partial charge in [-0.15, -0.1) is 0 Å². The van der Waals surface area contributed by atoms with E-state index in [-0.39, 0.29) is 36.2 Å². The Bertz CT molecular complexity index is 2080. The highest BCUT2D eigenvalue weighted by Crippen LogP contribution is 2.65. The molecule has 2 aliphatic heterocycles. The summed E-state index contributed by atoms with van der Waals surface area (Å²) < 4.78 is 28.4. The molecule has 2 bridgehead atoms. The minimum absolute atomic E-state index is 0.0204. The molecule has 9 N–H and O–H groups in total. The van der Waals surface area contributed by atoms with E-state index in [1.807, 2.05) is 0 Å². The predicted molar refractivity (Wildman–Crippen MR) is 216 cm³/mol. The summed E-state index contributed by atoms with van der Waals surface area (Å²) in [4.78, 5) is 55.9. The van der Waals surface area contributed by atoms with Crippen molar-refractivity contribution in [3.63, 3.8) is 0 Å². The summed E-state index contributed by atoms with van der Waals surface area (Å²) in [7, 11) is 0. The molecule has 4 fully saturated rings. The number of nitrogens with one attached hydrogen (secondary N) is 1. The van der Waals surface area contributed by atoms with E-state index in [2.05, 4.69) is 5.32 Å². The van der Waals surface area contributed by atoms with Crippen molar-refractivity contribution in [3.8, 4) is 0 Å². The fourth-order valence-electron chi connectivity index (χ4n) is 11.0. The topological polar surface area (TPSA) is 288 Å². The van der Waals surface area contributed by atoms with Gasteiger partial charge in [0.25, 0.3) is 5.91 Å². The number of hydrogen-bond acceptors (Lipinski definition) is 17. The Labute approximate surface area is 363 Å². The van der Waals surface area contributed by atoms with Gasteiger partial charge in [-0.2, -0.15) is 0 Å². The van der Waals surface area contributed by atoms with Gasteiger partial charge in [-0.3, -0.25) is 9.59 Å². The Morgan fingerprint density at radius 1 is 0.921 bits per heavy atom. The first-order valence-corrected chi connectivity index (χ1v) is 21.0. The summed E-state index contributed by atoms with van der Waals surface area (Å²) in [5.74, 6) is -6.01. The average Bonchev–Trinajstić information content (AvgIpc) is 3.26. The number of aliphatic hydroxyl groups is 8. The largest absolute Gasteiger partial charge is 0.459 e. The summed E-state index contributed by atoms with van der Waals surface area (Å²) >= 11 is 0. The number of aliphatic hydroxyl groups excluding tert-OH is 6. The van der Waals surface area contributed by atoms with Gasteiger partial charge in [0.2, 0.25) is 0 Å². The molecular weight excluding hydrogens is 826 g/mol. The molecule has 3 aliphatic carbocycles. The zero-order valence-corrected chi connectivity index (χ0v) is 35.6. The van der Waals surface area contributed by atoms with Gasteiger partial charge in [0, 0.05) is 29.7 Å². The van der Waals surface area contributed by atoms with Crippen molar-refractivity contribution in [2.75, 3.05) is 19.8 Å². The monoisotopic (exact) mass is 883 g/mol. The molecule has 14 unspecified atom stereocenters. The number of rotatable bonds is 11. The summed E-state index contributed by atoms with van der Waals surface area (Å²) in [5, 5.41) is 92.3. The number of benzene rings is 2. The van der Waals surface area contributed by atoms with Crippen LogP contribution >= 0.6 is 0 Å². The van der Waals surface area contributed by atoms with Crippen LogP contribution in [0.3, 0.4) is 0 Å². The Balaban J connectivity index is 1.18. The zero-order chi connectivity index (χ0) is 46.0. The molecule has 0 aromatic heterocycles. The zero-order valence-electron chi connectivity index (χ0n) is 35.6. The number of esters is 2. The minimum atomic E-state index is -2.01. The quantitative estimate of drug-likeness (QED) is 0.100. The number of fused-ring (bicyclic) bond motifs is 5. The molecule has 2 aromatic carbocycles. The van der Waals surface area contributed by atoms with Crippen molar-refractivity contribution in [2.24, 2.45) is 22.7 Å². The highest BCUT2D eigenvalue weighted by Gasteiger charge is 2.75. The van der Waals surface area contributed by atoms with Crippen LogP contribution in [0.4, 0.5) is 0 Å². The van der Waals surface area contributed by atoms with E-state index in [4.69, 9.17) is 23.7 Å². The Kier molecular flexibility index (Phi) is 12.9. The van der Waals surface area contributed by atoms with E-state index >= 15 is 4.79 Å². The van der Waals surface area contributed by atoms with Gasteiger partial charge in [0.1, 0.15) is 54.9 Å². The van der Waals surface area contributed by atoms with Crippen LogP contribution < -0.4 is 5.32 Å². The SMILES string of the molecule is CC1=C2C(O)C(=O)[C@]3(C)C(OC(=O)COC4OC(CO)C(O)C(O)C4O)CC4OCC4(O)C3[C@H](C)C(O)(CC1OC(=O)C(O)C(NC(=O)c1ccccc1)c1ccccc1)C2(C)C. The average molecular weight is 884 g/mol. The summed E-state index contributed by atoms with van der Waals surface area (Å²) in [5.41, 5.74) is -6.16. The molecule has 2 aromatic rings. The number of ketones is 1. The molecule has 2 heterocycles. The summed E-state index contributed by atoms with van der Waals surface area (Å²) in [6.07, 6.45) is -16.5. The molecule has 344 valence electrons. The lowest BCUT2D eigenvalue weighted by molar-refractivity contribution is -0.337. The van der Waals surface area contributed by atoms with Gasteiger partial charge in [0.05, 0.1) is 36.4 Å². The molecule has 0 spiro atoms. The fraction of sp³-hybridized carbons (Fsp3) is 0.600. The van der Waals surface area contributed by atoms with Crippen LogP contribution in [0, 0.1) is 22.7 Å². The van der Waals surface area contributed by atoms with Crippen molar-refractivity contribution < 1.29 is 83.7 Å². The first kappa shape index (κ1) is 46.8. The normalized spacial score (nSPS) is 39.3. The standard InChI is InChI=1S/C45H57NO17/c1-21-25(61-40(56)34(51)31(23-12-8-6-9-13-23)46-39(55)24-14-10-7-11-15-24)17-45(58)22(2)37-43(5,38(54)33(50)30(21)42(45,3)4)27(16-28-44(37,57)20-60-28)63-29(48)19-59-41-36(53)35(52)32(49)26(18-47)62-41/h6-15,22,25-28,31-37,41,47,49-53,57-58H,16-20H2,1-5H3,(H,46,55)/t22-,25?,26?,27?,28?,31?,32?,33?,34?,35?,36?,37?,41?,43+,44?,45?/m0/s1. The third-order valence-electron chi connectivity index (χ3n) is 14.6. The van der Waals surface area contributed by atoms with Crippen molar-refractivity contribution in [1.82, 2.24) is 5.32 Å². The first-order valence-electron chi connectivity index (χ1n) is 21.0. The van der Waals surface area contributed by atoms with E-state index < -0.39 is 138 Å². The van der Waals surface area contributed by atoms with Crippen LogP contribution in [0.2, 0.25) is 0 Å². The number of amides is 1. The van der Waals surface area contributed by atoms with E-state index in [1.165, 1.54) is 13.8 Å². The molecule has 5 aliphatic rings. The molecule has 63 heavy (non-hydrogen) atoms. The molecular formula is C45H57NO17. The third kappa shape index (κ3) is 7.71. The highest BCUT2D eigenvalue weighted by atomic mass is 16.7. The number of hydrogen-bond donors (Lipinski definition) is 9. The maximum atomic E-state index is 15.1. The van der Waals surface area contributed by atoms with Gasteiger partial charge < -0.3 is 69.9 Å². The first-order chi connectivity index (χ1) is 29.6. The fourth-order valence-corrected chi connectivity index (χ4v) is 11.0. The molecule has 18 heteroatoms.